The Bertz CT molecular complexity index is 1040. The Kier molecular flexibility index (Phi) is 6.47. The number of carbonyl (C=O) groups excluding carboxylic acids is 2. The molecule has 30 heavy (non-hydrogen) atoms. The standard InChI is InChI=1S/C24H26FN3O2/c1-14(2)22(26)24(30)27-17-9-10-18(19(25)13-17)15(3)20-11-12-21(28-20)23(29)16-7-5-4-6-8-16/h4-15,22,28H,26H2,1-3H3,(H,27,30)/t15?,22-/m0/s1. The second-order valence-corrected chi connectivity index (χ2v) is 7.74. The molecule has 156 valence electrons. The SMILES string of the molecule is CC(c1ccc(C(=O)c2ccccc2)[nH]1)c1ccc(NC(=O)[C@@H](N)C(C)C)cc1F. The molecule has 1 unspecified atom stereocenters. The average molecular weight is 407 g/mol. The molecule has 0 saturated heterocycles. The van der Waals surface area contributed by atoms with Gasteiger partial charge < -0.3 is 16.0 Å². The van der Waals surface area contributed by atoms with Crippen molar-refractivity contribution in [1.29, 1.82) is 0 Å². The van der Waals surface area contributed by atoms with Crippen molar-refractivity contribution in [2.45, 2.75) is 32.7 Å². The van der Waals surface area contributed by atoms with Gasteiger partial charge in [-0.25, -0.2) is 4.39 Å². The Balaban J connectivity index is 1.76. The molecule has 1 aromatic heterocycles. The van der Waals surface area contributed by atoms with Gasteiger partial charge in [-0.2, -0.15) is 0 Å². The third kappa shape index (κ3) is 4.66. The predicted molar refractivity (Wildman–Crippen MR) is 116 cm³/mol. The molecule has 0 aliphatic rings. The van der Waals surface area contributed by atoms with Crippen LogP contribution in [0.2, 0.25) is 0 Å². The molecule has 3 rings (SSSR count). The number of carbonyl (C=O) groups is 2. The molecule has 0 spiro atoms. The van der Waals surface area contributed by atoms with E-state index in [0.717, 1.165) is 5.69 Å². The summed E-state index contributed by atoms with van der Waals surface area (Å²) in [5.74, 6) is -1.23. The summed E-state index contributed by atoms with van der Waals surface area (Å²) < 4.78 is 14.8. The molecule has 3 aromatic rings. The first-order chi connectivity index (χ1) is 14.3. The summed E-state index contributed by atoms with van der Waals surface area (Å²) in [5, 5.41) is 2.65. The van der Waals surface area contributed by atoms with Crippen LogP contribution in [0, 0.1) is 11.7 Å². The van der Waals surface area contributed by atoms with Crippen LogP contribution >= 0.6 is 0 Å². The number of nitrogens with two attached hydrogens (primary N) is 1. The van der Waals surface area contributed by atoms with E-state index in [1.807, 2.05) is 39.0 Å². The lowest BCUT2D eigenvalue weighted by atomic mass is 9.97. The molecule has 0 fully saturated rings. The highest BCUT2D eigenvalue weighted by molar-refractivity contribution is 6.07. The number of benzene rings is 2. The fourth-order valence-corrected chi connectivity index (χ4v) is 3.19. The summed E-state index contributed by atoms with van der Waals surface area (Å²) in [7, 11) is 0. The van der Waals surface area contributed by atoms with Crippen molar-refractivity contribution in [2.24, 2.45) is 11.7 Å². The lowest BCUT2D eigenvalue weighted by Gasteiger charge is -2.17. The van der Waals surface area contributed by atoms with Crippen molar-refractivity contribution in [3.05, 3.63) is 89.0 Å². The minimum Gasteiger partial charge on any atom is -0.355 e. The summed E-state index contributed by atoms with van der Waals surface area (Å²) in [4.78, 5) is 27.8. The molecule has 0 radical (unpaired) electrons. The highest BCUT2D eigenvalue weighted by Gasteiger charge is 2.20. The molecule has 0 saturated carbocycles. The smallest absolute Gasteiger partial charge is 0.241 e. The Hall–Kier alpha value is -3.25. The number of aromatic amines is 1. The number of amides is 1. The summed E-state index contributed by atoms with van der Waals surface area (Å²) in [5.41, 5.74) is 8.42. The number of rotatable bonds is 7. The van der Waals surface area contributed by atoms with Crippen molar-refractivity contribution >= 4 is 17.4 Å². The highest BCUT2D eigenvalue weighted by Crippen LogP contribution is 2.28. The normalized spacial score (nSPS) is 13.1. The van der Waals surface area contributed by atoms with Crippen molar-refractivity contribution in [1.82, 2.24) is 4.98 Å². The van der Waals surface area contributed by atoms with Crippen molar-refractivity contribution in [2.75, 3.05) is 5.32 Å². The summed E-state index contributed by atoms with van der Waals surface area (Å²) in [6.45, 7) is 5.56. The second kappa shape index (κ2) is 9.05. The Morgan fingerprint density at radius 2 is 1.70 bits per heavy atom. The molecule has 2 atom stereocenters. The highest BCUT2D eigenvalue weighted by atomic mass is 19.1. The van der Waals surface area contributed by atoms with Crippen LogP contribution in [0.4, 0.5) is 10.1 Å². The minimum atomic E-state index is -0.661. The largest absolute Gasteiger partial charge is 0.355 e. The zero-order valence-electron chi connectivity index (χ0n) is 17.3. The third-order valence-electron chi connectivity index (χ3n) is 5.21. The lowest BCUT2D eigenvalue weighted by Crippen LogP contribution is -2.39. The van der Waals surface area contributed by atoms with Crippen molar-refractivity contribution in [3.8, 4) is 0 Å². The quantitative estimate of drug-likeness (QED) is 0.505. The van der Waals surface area contributed by atoms with E-state index in [1.165, 1.54) is 6.07 Å². The summed E-state index contributed by atoms with van der Waals surface area (Å²) in [6.07, 6.45) is 0. The van der Waals surface area contributed by atoms with Gasteiger partial charge in [-0.1, -0.05) is 57.2 Å². The molecule has 0 aliphatic carbocycles. The number of anilines is 1. The molecule has 1 heterocycles. The topological polar surface area (TPSA) is 88.0 Å². The zero-order valence-corrected chi connectivity index (χ0v) is 17.3. The fourth-order valence-electron chi connectivity index (χ4n) is 3.19. The summed E-state index contributed by atoms with van der Waals surface area (Å²) in [6, 6.07) is 16.4. The summed E-state index contributed by atoms with van der Waals surface area (Å²) >= 11 is 0. The van der Waals surface area contributed by atoms with Crippen LogP contribution in [0.3, 0.4) is 0 Å². The fraction of sp³-hybridized carbons (Fsp3) is 0.250. The van der Waals surface area contributed by atoms with Gasteiger partial charge in [-0.05, 0) is 35.7 Å². The maximum absolute atomic E-state index is 14.8. The Morgan fingerprint density at radius 3 is 2.33 bits per heavy atom. The van der Waals surface area contributed by atoms with Gasteiger partial charge >= 0.3 is 0 Å². The first-order valence-electron chi connectivity index (χ1n) is 9.92. The van der Waals surface area contributed by atoms with E-state index >= 15 is 0 Å². The van der Waals surface area contributed by atoms with Gasteiger partial charge in [0.25, 0.3) is 0 Å². The van der Waals surface area contributed by atoms with E-state index in [0.29, 0.717) is 22.5 Å². The Labute approximate surface area is 175 Å². The van der Waals surface area contributed by atoms with E-state index in [9.17, 15) is 14.0 Å². The van der Waals surface area contributed by atoms with Crippen molar-refractivity contribution < 1.29 is 14.0 Å². The van der Waals surface area contributed by atoms with Crippen LogP contribution in [-0.4, -0.2) is 22.7 Å². The zero-order chi connectivity index (χ0) is 21.8. The maximum atomic E-state index is 14.8. The van der Waals surface area contributed by atoms with Crippen LogP contribution < -0.4 is 11.1 Å². The molecular formula is C24H26FN3O2. The van der Waals surface area contributed by atoms with E-state index in [4.69, 9.17) is 5.73 Å². The van der Waals surface area contributed by atoms with Crippen LogP contribution in [0.1, 0.15) is 54.0 Å². The van der Waals surface area contributed by atoms with Gasteiger partial charge in [0.2, 0.25) is 11.7 Å². The predicted octanol–water partition coefficient (Wildman–Crippen LogP) is 4.46. The maximum Gasteiger partial charge on any atom is 0.241 e. The average Bonchev–Trinajstić information content (AvgIpc) is 3.23. The third-order valence-corrected chi connectivity index (χ3v) is 5.21. The molecule has 2 aromatic carbocycles. The van der Waals surface area contributed by atoms with E-state index in [2.05, 4.69) is 10.3 Å². The number of nitrogens with one attached hydrogen (secondary N) is 2. The Morgan fingerprint density at radius 1 is 1.00 bits per heavy atom. The van der Waals surface area contributed by atoms with Gasteiger partial charge in [0, 0.05) is 22.9 Å². The van der Waals surface area contributed by atoms with Gasteiger partial charge in [0.15, 0.2) is 0 Å². The number of aromatic nitrogens is 1. The van der Waals surface area contributed by atoms with Crippen molar-refractivity contribution in [3.63, 3.8) is 0 Å². The van der Waals surface area contributed by atoms with Gasteiger partial charge in [0.05, 0.1) is 11.7 Å². The number of hydrogen-bond acceptors (Lipinski definition) is 3. The van der Waals surface area contributed by atoms with Crippen LogP contribution in [0.5, 0.6) is 0 Å². The molecule has 1 amide bonds. The van der Waals surface area contributed by atoms with Gasteiger partial charge in [-0.15, -0.1) is 0 Å². The monoisotopic (exact) mass is 407 g/mol. The molecule has 4 N–H and O–H groups in total. The van der Waals surface area contributed by atoms with E-state index < -0.39 is 11.9 Å². The van der Waals surface area contributed by atoms with Crippen LogP contribution in [-0.2, 0) is 4.79 Å². The molecule has 0 bridgehead atoms. The molecule has 6 heteroatoms. The number of H-pyrrole nitrogens is 1. The van der Waals surface area contributed by atoms with Gasteiger partial charge in [-0.3, -0.25) is 9.59 Å². The number of hydrogen-bond donors (Lipinski definition) is 3. The number of halogens is 1. The molecule has 5 nitrogen and oxygen atoms in total. The minimum absolute atomic E-state index is 0.0187. The molecular weight excluding hydrogens is 381 g/mol. The lowest BCUT2D eigenvalue weighted by molar-refractivity contribution is -0.118. The van der Waals surface area contributed by atoms with Crippen LogP contribution in [0.25, 0.3) is 0 Å². The first kappa shape index (κ1) is 21.5. The molecule has 0 aliphatic heterocycles. The van der Waals surface area contributed by atoms with Crippen LogP contribution in [0.15, 0.2) is 60.7 Å². The van der Waals surface area contributed by atoms with E-state index in [-0.39, 0.29) is 23.5 Å². The van der Waals surface area contributed by atoms with E-state index in [1.54, 1.807) is 36.4 Å². The second-order valence-electron chi connectivity index (χ2n) is 7.74. The number of ketones is 1. The first-order valence-corrected chi connectivity index (χ1v) is 9.92. The van der Waals surface area contributed by atoms with Gasteiger partial charge in [0.1, 0.15) is 5.82 Å².